The van der Waals surface area contributed by atoms with Gasteiger partial charge in [0, 0.05) is 25.2 Å². The number of carbonyl (C=O) groups excluding carboxylic acids is 1. The quantitative estimate of drug-likeness (QED) is 0.721. The largest absolute Gasteiger partial charge is 0.335 e. The highest BCUT2D eigenvalue weighted by atomic mass is 16.2. The highest BCUT2D eigenvalue weighted by molar-refractivity contribution is 6.00. The molecule has 1 aliphatic carbocycles. The Bertz CT molecular complexity index is 842. The topological polar surface area (TPSA) is 38.1 Å². The summed E-state index contributed by atoms with van der Waals surface area (Å²) < 4.78 is 1.85. The second-order valence-electron chi connectivity index (χ2n) is 9.61. The molecular formula is C24H33N3O. The van der Waals surface area contributed by atoms with Crippen LogP contribution in [0.1, 0.15) is 75.2 Å². The maximum absolute atomic E-state index is 13.6. The Kier molecular flexibility index (Phi) is 5.07. The van der Waals surface area contributed by atoms with Crippen LogP contribution in [0.3, 0.4) is 0 Å². The minimum atomic E-state index is 0.118. The minimum absolute atomic E-state index is 0.118. The fourth-order valence-corrected chi connectivity index (χ4v) is 5.10. The molecule has 0 spiro atoms. The zero-order chi connectivity index (χ0) is 19.9. The number of piperidine rings is 1. The van der Waals surface area contributed by atoms with Gasteiger partial charge in [0.25, 0.3) is 5.91 Å². The molecule has 1 aliphatic heterocycles. The number of hydrogen-bond donors (Lipinski definition) is 0. The van der Waals surface area contributed by atoms with Crippen LogP contribution < -0.4 is 0 Å². The zero-order valence-electron chi connectivity index (χ0n) is 17.7. The summed E-state index contributed by atoms with van der Waals surface area (Å²) in [5.74, 6) is 0.859. The molecule has 0 bridgehead atoms. The van der Waals surface area contributed by atoms with Gasteiger partial charge in [0.2, 0.25) is 0 Å². The van der Waals surface area contributed by atoms with Gasteiger partial charge in [0.1, 0.15) is 0 Å². The van der Waals surface area contributed by atoms with E-state index < -0.39 is 0 Å². The second kappa shape index (κ2) is 7.38. The number of hydrogen-bond acceptors (Lipinski definition) is 2. The first-order valence-electron chi connectivity index (χ1n) is 10.8. The summed E-state index contributed by atoms with van der Waals surface area (Å²) in [6.07, 6.45) is 9.18. The highest BCUT2D eigenvalue weighted by Gasteiger charge is 2.37. The first-order valence-corrected chi connectivity index (χ1v) is 10.8. The standard InChI is InChI=1S/C24H33N3O/c1-24(2,3)19-13-11-18(12-14-19)22-20(16-25-26(22)4)23(28)27-15-7-9-17-8-5-6-10-21(17)27/h11-14,16-17,21H,5-10,15H2,1-4H3. The summed E-state index contributed by atoms with van der Waals surface area (Å²) in [6.45, 7) is 7.55. The van der Waals surface area contributed by atoms with E-state index in [0.717, 1.165) is 36.2 Å². The smallest absolute Gasteiger partial charge is 0.257 e. The van der Waals surface area contributed by atoms with E-state index >= 15 is 0 Å². The molecule has 2 unspecified atom stereocenters. The molecule has 1 saturated carbocycles. The van der Waals surface area contributed by atoms with Crippen LogP contribution in [-0.2, 0) is 12.5 Å². The number of aromatic nitrogens is 2. The maximum Gasteiger partial charge on any atom is 0.257 e. The number of benzene rings is 1. The molecule has 0 N–H and O–H groups in total. The van der Waals surface area contributed by atoms with Gasteiger partial charge in [-0.25, -0.2) is 0 Å². The molecule has 2 aliphatic rings. The van der Waals surface area contributed by atoms with Crippen molar-refractivity contribution in [3.63, 3.8) is 0 Å². The van der Waals surface area contributed by atoms with Crippen molar-refractivity contribution in [2.45, 2.75) is 70.8 Å². The Morgan fingerprint density at radius 2 is 1.71 bits per heavy atom. The fourth-order valence-electron chi connectivity index (χ4n) is 5.10. The predicted octanol–water partition coefficient (Wildman–Crippen LogP) is 5.18. The summed E-state index contributed by atoms with van der Waals surface area (Å²) in [5.41, 5.74) is 4.16. The van der Waals surface area contributed by atoms with Gasteiger partial charge in [0.15, 0.2) is 0 Å². The van der Waals surface area contributed by atoms with E-state index in [1.165, 1.54) is 31.2 Å². The normalized spacial score (nSPS) is 22.8. The van der Waals surface area contributed by atoms with Crippen molar-refractivity contribution < 1.29 is 4.79 Å². The van der Waals surface area contributed by atoms with Crippen LogP contribution in [0.5, 0.6) is 0 Å². The molecule has 2 aromatic rings. The number of aryl methyl sites for hydroxylation is 1. The van der Waals surface area contributed by atoms with E-state index in [2.05, 4.69) is 55.0 Å². The first kappa shape index (κ1) is 19.2. The molecule has 4 heteroatoms. The summed E-state index contributed by atoms with van der Waals surface area (Å²) in [5, 5.41) is 4.45. The Hall–Kier alpha value is -2.10. The van der Waals surface area contributed by atoms with Crippen molar-refractivity contribution in [2.75, 3.05) is 6.54 Å². The third-order valence-electron chi connectivity index (χ3n) is 6.70. The Morgan fingerprint density at radius 1 is 1.04 bits per heavy atom. The lowest BCUT2D eigenvalue weighted by molar-refractivity contribution is 0.0391. The van der Waals surface area contributed by atoms with Crippen LogP contribution in [0.25, 0.3) is 11.3 Å². The Morgan fingerprint density at radius 3 is 2.43 bits per heavy atom. The average molecular weight is 380 g/mol. The van der Waals surface area contributed by atoms with Crippen molar-refractivity contribution in [1.82, 2.24) is 14.7 Å². The van der Waals surface area contributed by atoms with Gasteiger partial charge < -0.3 is 4.90 Å². The van der Waals surface area contributed by atoms with Crippen LogP contribution in [0.4, 0.5) is 0 Å². The van der Waals surface area contributed by atoms with Crippen LogP contribution in [0.15, 0.2) is 30.5 Å². The Balaban J connectivity index is 1.65. The third-order valence-corrected chi connectivity index (χ3v) is 6.70. The van der Waals surface area contributed by atoms with Gasteiger partial charge in [-0.15, -0.1) is 0 Å². The van der Waals surface area contributed by atoms with Crippen LogP contribution in [-0.4, -0.2) is 33.2 Å². The molecule has 1 saturated heterocycles. The molecule has 28 heavy (non-hydrogen) atoms. The predicted molar refractivity (Wildman–Crippen MR) is 113 cm³/mol. The summed E-state index contributed by atoms with van der Waals surface area (Å²) in [6, 6.07) is 9.04. The monoisotopic (exact) mass is 379 g/mol. The van der Waals surface area contributed by atoms with Crippen molar-refractivity contribution in [2.24, 2.45) is 13.0 Å². The number of amides is 1. The molecule has 1 amide bonds. The lowest BCUT2D eigenvalue weighted by atomic mass is 9.78. The molecule has 2 atom stereocenters. The van der Waals surface area contributed by atoms with E-state index in [9.17, 15) is 4.79 Å². The molecule has 1 aromatic carbocycles. The SMILES string of the molecule is Cn1ncc(C(=O)N2CCCC3CCCCC32)c1-c1ccc(C(C)(C)C)cc1. The van der Waals surface area contributed by atoms with Gasteiger partial charge in [-0.3, -0.25) is 9.48 Å². The number of nitrogens with zero attached hydrogens (tertiary/aromatic N) is 3. The first-order chi connectivity index (χ1) is 13.4. The number of carbonyl (C=O) groups is 1. The molecule has 4 nitrogen and oxygen atoms in total. The third kappa shape index (κ3) is 3.49. The fraction of sp³-hybridized carbons (Fsp3) is 0.583. The van der Waals surface area contributed by atoms with E-state index in [1.54, 1.807) is 6.20 Å². The van der Waals surface area contributed by atoms with Gasteiger partial charge in [-0.2, -0.15) is 5.10 Å². The van der Waals surface area contributed by atoms with Crippen molar-refractivity contribution in [3.05, 3.63) is 41.6 Å². The van der Waals surface area contributed by atoms with Crippen molar-refractivity contribution in [3.8, 4) is 11.3 Å². The average Bonchev–Trinajstić information content (AvgIpc) is 3.08. The lowest BCUT2D eigenvalue weighted by Gasteiger charge is -2.44. The maximum atomic E-state index is 13.6. The summed E-state index contributed by atoms with van der Waals surface area (Å²) >= 11 is 0. The van der Waals surface area contributed by atoms with E-state index in [4.69, 9.17) is 0 Å². The van der Waals surface area contributed by atoms with Gasteiger partial charge >= 0.3 is 0 Å². The molecule has 0 radical (unpaired) electrons. The van der Waals surface area contributed by atoms with E-state index in [0.29, 0.717) is 12.0 Å². The van der Waals surface area contributed by atoms with Crippen LogP contribution >= 0.6 is 0 Å². The number of rotatable bonds is 2. The van der Waals surface area contributed by atoms with Crippen LogP contribution in [0, 0.1) is 5.92 Å². The second-order valence-corrected chi connectivity index (χ2v) is 9.61. The van der Waals surface area contributed by atoms with Crippen molar-refractivity contribution >= 4 is 5.91 Å². The number of likely N-dealkylation sites (tertiary alicyclic amines) is 1. The molecule has 2 heterocycles. The molecule has 1 aromatic heterocycles. The van der Waals surface area contributed by atoms with Gasteiger partial charge in [0.05, 0.1) is 17.5 Å². The highest BCUT2D eigenvalue weighted by Crippen LogP contribution is 2.37. The summed E-state index contributed by atoms with van der Waals surface area (Å²) in [7, 11) is 1.93. The lowest BCUT2D eigenvalue weighted by Crippen LogP contribution is -2.49. The van der Waals surface area contributed by atoms with E-state index in [1.807, 2.05) is 11.7 Å². The van der Waals surface area contributed by atoms with Gasteiger partial charge in [-0.05, 0) is 42.6 Å². The molecular weight excluding hydrogens is 346 g/mol. The van der Waals surface area contributed by atoms with Crippen LogP contribution in [0.2, 0.25) is 0 Å². The zero-order valence-corrected chi connectivity index (χ0v) is 17.7. The number of fused-ring (bicyclic) bond motifs is 1. The summed E-state index contributed by atoms with van der Waals surface area (Å²) in [4.78, 5) is 15.7. The van der Waals surface area contributed by atoms with Gasteiger partial charge in [-0.1, -0.05) is 57.9 Å². The van der Waals surface area contributed by atoms with E-state index in [-0.39, 0.29) is 11.3 Å². The molecule has 150 valence electrons. The molecule has 4 rings (SSSR count). The minimum Gasteiger partial charge on any atom is -0.335 e. The van der Waals surface area contributed by atoms with Crippen molar-refractivity contribution in [1.29, 1.82) is 0 Å². The molecule has 2 fully saturated rings. The Labute approximate surface area is 168 Å².